The molecule has 0 fully saturated rings. The minimum Gasteiger partial charge on any atom is -0.298 e. The summed E-state index contributed by atoms with van der Waals surface area (Å²) in [6, 6.07) is 11.4. The number of nitrogens with zero attached hydrogens (tertiary/aromatic N) is 3. The van der Waals surface area contributed by atoms with Crippen molar-refractivity contribution < 1.29 is 4.79 Å². The molecule has 0 unspecified atom stereocenters. The number of halogens is 1. The molecule has 3 rings (SSSR count). The number of rotatable bonds is 3. The number of aldehydes is 1. The molecular weight excluding hydrogens is 318 g/mol. The summed E-state index contributed by atoms with van der Waals surface area (Å²) in [5, 5.41) is 4.50. The maximum Gasteiger partial charge on any atom is 0.153 e. The van der Waals surface area contributed by atoms with Gasteiger partial charge in [0.2, 0.25) is 0 Å². The zero-order chi connectivity index (χ0) is 13.9. The molecule has 0 atom stereocenters. The van der Waals surface area contributed by atoms with E-state index in [1.165, 1.54) is 0 Å². The van der Waals surface area contributed by atoms with Crippen LogP contribution in [0.25, 0.3) is 16.9 Å². The van der Waals surface area contributed by atoms with Crippen LogP contribution >= 0.6 is 15.9 Å². The maximum atomic E-state index is 11.3. The van der Waals surface area contributed by atoms with E-state index in [0.717, 1.165) is 22.0 Å². The molecular formula is C15H10BrN3O. The van der Waals surface area contributed by atoms with Gasteiger partial charge in [0.1, 0.15) is 5.69 Å². The first-order chi connectivity index (χ1) is 9.78. The minimum atomic E-state index is 0.555. The fraction of sp³-hybridized carbons (Fsp3) is 0. The molecule has 0 aliphatic rings. The molecule has 20 heavy (non-hydrogen) atoms. The number of hydrogen-bond acceptors (Lipinski definition) is 3. The first-order valence-corrected chi connectivity index (χ1v) is 6.78. The van der Waals surface area contributed by atoms with Crippen molar-refractivity contribution in [2.45, 2.75) is 0 Å². The zero-order valence-electron chi connectivity index (χ0n) is 10.4. The van der Waals surface area contributed by atoms with Crippen molar-refractivity contribution in [1.29, 1.82) is 0 Å². The van der Waals surface area contributed by atoms with E-state index in [2.05, 4.69) is 26.0 Å². The van der Waals surface area contributed by atoms with Gasteiger partial charge in [-0.05, 0) is 24.3 Å². The summed E-state index contributed by atoms with van der Waals surface area (Å²) in [5.41, 5.74) is 2.98. The zero-order valence-corrected chi connectivity index (χ0v) is 12.0. The van der Waals surface area contributed by atoms with Crippen LogP contribution in [0, 0.1) is 0 Å². The highest BCUT2D eigenvalue weighted by Gasteiger charge is 2.11. The lowest BCUT2D eigenvalue weighted by molar-refractivity contribution is 0.112. The van der Waals surface area contributed by atoms with E-state index in [-0.39, 0.29) is 0 Å². The van der Waals surface area contributed by atoms with Crippen LogP contribution in [0.5, 0.6) is 0 Å². The molecule has 4 nitrogen and oxygen atoms in total. The number of benzene rings is 1. The molecule has 1 aromatic carbocycles. The normalized spacial score (nSPS) is 10.4. The van der Waals surface area contributed by atoms with E-state index >= 15 is 0 Å². The molecule has 0 aliphatic carbocycles. The molecule has 2 heterocycles. The molecule has 0 amide bonds. The second kappa shape index (κ2) is 5.38. The number of hydrogen-bond donors (Lipinski definition) is 0. The summed E-state index contributed by atoms with van der Waals surface area (Å²) in [7, 11) is 0. The molecule has 5 heteroatoms. The van der Waals surface area contributed by atoms with E-state index in [4.69, 9.17) is 0 Å². The molecule has 3 aromatic rings. The molecule has 0 bridgehead atoms. The topological polar surface area (TPSA) is 47.8 Å². The van der Waals surface area contributed by atoms with Crippen LogP contribution in [-0.4, -0.2) is 21.1 Å². The summed E-state index contributed by atoms with van der Waals surface area (Å²) in [6.45, 7) is 0. The number of aromatic nitrogens is 3. The summed E-state index contributed by atoms with van der Waals surface area (Å²) < 4.78 is 2.63. The molecule has 0 aliphatic heterocycles. The second-order valence-electron chi connectivity index (χ2n) is 4.21. The van der Waals surface area contributed by atoms with Crippen LogP contribution in [0.4, 0.5) is 0 Å². The van der Waals surface area contributed by atoms with E-state index in [0.29, 0.717) is 11.3 Å². The van der Waals surface area contributed by atoms with Gasteiger partial charge in [-0.2, -0.15) is 5.10 Å². The van der Waals surface area contributed by atoms with Crippen molar-refractivity contribution in [3.8, 4) is 16.9 Å². The fourth-order valence-corrected chi connectivity index (χ4v) is 2.36. The van der Waals surface area contributed by atoms with Gasteiger partial charge in [0.15, 0.2) is 6.29 Å². The Labute approximate surface area is 124 Å². The van der Waals surface area contributed by atoms with Crippen molar-refractivity contribution in [3.05, 3.63) is 65.0 Å². The van der Waals surface area contributed by atoms with Crippen LogP contribution in [-0.2, 0) is 0 Å². The predicted octanol–water partition coefficient (Wildman–Crippen LogP) is 3.51. The van der Waals surface area contributed by atoms with Crippen LogP contribution < -0.4 is 0 Å². The van der Waals surface area contributed by atoms with Crippen LogP contribution in [0.15, 0.2) is 59.5 Å². The average Bonchev–Trinajstić information content (AvgIpc) is 2.92. The molecule has 0 N–H and O–H groups in total. The summed E-state index contributed by atoms with van der Waals surface area (Å²) in [4.78, 5) is 15.2. The van der Waals surface area contributed by atoms with Gasteiger partial charge in [0.05, 0.1) is 11.3 Å². The van der Waals surface area contributed by atoms with E-state index < -0.39 is 0 Å². The summed E-state index contributed by atoms with van der Waals surface area (Å²) >= 11 is 3.43. The van der Waals surface area contributed by atoms with Crippen molar-refractivity contribution in [2.24, 2.45) is 0 Å². The predicted molar refractivity (Wildman–Crippen MR) is 79.9 cm³/mol. The highest BCUT2D eigenvalue weighted by atomic mass is 79.9. The molecule has 98 valence electrons. The quantitative estimate of drug-likeness (QED) is 0.691. The highest BCUT2D eigenvalue weighted by molar-refractivity contribution is 9.10. The Bertz CT molecular complexity index is 753. The van der Waals surface area contributed by atoms with E-state index in [9.17, 15) is 4.79 Å². The van der Waals surface area contributed by atoms with Gasteiger partial charge in [-0.1, -0.05) is 28.1 Å². The second-order valence-corrected chi connectivity index (χ2v) is 5.13. The smallest absolute Gasteiger partial charge is 0.153 e. The molecule has 0 saturated heterocycles. The van der Waals surface area contributed by atoms with Crippen molar-refractivity contribution in [3.63, 3.8) is 0 Å². The van der Waals surface area contributed by atoms with Crippen molar-refractivity contribution in [2.75, 3.05) is 0 Å². The minimum absolute atomic E-state index is 0.555. The van der Waals surface area contributed by atoms with Crippen molar-refractivity contribution in [1.82, 2.24) is 14.8 Å². The van der Waals surface area contributed by atoms with Gasteiger partial charge in [0, 0.05) is 28.6 Å². The Kier molecular flexibility index (Phi) is 3.43. The third kappa shape index (κ3) is 2.40. The lowest BCUT2D eigenvalue weighted by atomic mass is 10.1. The first-order valence-electron chi connectivity index (χ1n) is 5.99. The first kappa shape index (κ1) is 12.7. The van der Waals surface area contributed by atoms with Gasteiger partial charge in [-0.25, -0.2) is 4.68 Å². The number of carbonyl (C=O) groups is 1. The molecule has 0 saturated carbocycles. The van der Waals surface area contributed by atoms with Crippen LogP contribution in [0.3, 0.4) is 0 Å². The van der Waals surface area contributed by atoms with Crippen LogP contribution in [0.1, 0.15) is 10.4 Å². The summed E-state index contributed by atoms with van der Waals surface area (Å²) in [5.74, 6) is 0. The van der Waals surface area contributed by atoms with Crippen molar-refractivity contribution >= 4 is 22.2 Å². The largest absolute Gasteiger partial charge is 0.298 e. The van der Waals surface area contributed by atoms with E-state index in [1.54, 1.807) is 23.3 Å². The van der Waals surface area contributed by atoms with E-state index in [1.807, 2.05) is 36.4 Å². The van der Waals surface area contributed by atoms with Gasteiger partial charge < -0.3 is 0 Å². The fourth-order valence-electron chi connectivity index (χ4n) is 1.96. The summed E-state index contributed by atoms with van der Waals surface area (Å²) in [6.07, 6.45) is 5.92. The Balaban J connectivity index is 2.13. The third-order valence-electron chi connectivity index (χ3n) is 2.89. The standard InChI is InChI=1S/C15H10BrN3O/c16-13-3-1-2-11(8-13)15-12(10-20)9-19(18-15)14-4-6-17-7-5-14/h1-10H. The third-order valence-corrected chi connectivity index (χ3v) is 3.39. The van der Waals surface area contributed by atoms with Gasteiger partial charge in [-0.3, -0.25) is 9.78 Å². The Morgan fingerprint density at radius 3 is 2.65 bits per heavy atom. The molecule has 0 radical (unpaired) electrons. The van der Waals surface area contributed by atoms with Gasteiger partial charge >= 0.3 is 0 Å². The number of pyridine rings is 1. The van der Waals surface area contributed by atoms with Gasteiger partial charge in [0.25, 0.3) is 0 Å². The average molecular weight is 328 g/mol. The molecule has 2 aromatic heterocycles. The Morgan fingerprint density at radius 1 is 1.15 bits per heavy atom. The van der Waals surface area contributed by atoms with Gasteiger partial charge in [-0.15, -0.1) is 0 Å². The Morgan fingerprint density at radius 2 is 1.95 bits per heavy atom. The number of carbonyl (C=O) groups excluding carboxylic acids is 1. The lowest BCUT2D eigenvalue weighted by Gasteiger charge is -2.00. The molecule has 0 spiro atoms. The SMILES string of the molecule is O=Cc1cn(-c2ccncc2)nc1-c1cccc(Br)c1. The maximum absolute atomic E-state index is 11.3. The Hall–Kier alpha value is -2.27. The lowest BCUT2D eigenvalue weighted by Crippen LogP contribution is -1.94. The monoisotopic (exact) mass is 327 g/mol. The van der Waals surface area contributed by atoms with Crippen LogP contribution in [0.2, 0.25) is 0 Å². The highest BCUT2D eigenvalue weighted by Crippen LogP contribution is 2.25.